The Labute approximate surface area is 117 Å². The monoisotopic (exact) mass is 276 g/mol. The third-order valence-electron chi connectivity index (χ3n) is 2.03. The minimum absolute atomic E-state index is 0.295. The topological polar surface area (TPSA) is 88.4 Å². The van der Waals surface area contributed by atoms with Crippen molar-refractivity contribution in [2.45, 2.75) is 26.4 Å². The Morgan fingerprint density at radius 1 is 1.25 bits per heavy atom. The number of carbonyl (C=O) groups is 2. The highest BCUT2D eigenvalue weighted by Gasteiger charge is 2.16. The standard InChI is InChI=1S/C14H16N2O4/c1-14(2,3)20-13(18)16-11-6-4-10(5-7-11)12(17)19-9-8-15/h4-7H,9H2,1-3H3,(H,16,18). The Kier molecular flexibility index (Phi) is 5.09. The Hall–Kier alpha value is -2.55. The van der Waals surface area contributed by atoms with Crippen molar-refractivity contribution in [2.24, 2.45) is 0 Å². The van der Waals surface area contributed by atoms with Gasteiger partial charge in [-0.15, -0.1) is 0 Å². The van der Waals surface area contributed by atoms with E-state index in [0.717, 1.165) is 0 Å². The van der Waals surface area contributed by atoms with E-state index in [1.165, 1.54) is 12.1 Å². The summed E-state index contributed by atoms with van der Waals surface area (Å²) in [6.45, 7) is 5.00. The molecule has 0 saturated carbocycles. The first-order valence-electron chi connectivity index (χ1n) is 5.96. The normalized spacial score (nSPS) is 10.3. The molecular formula is C14H16N2O4. The fourth-order valence-electron chi connectivity index (χ4n) is 1.29. The van der Waals surface area contributed by atoms with E-state index in [1.54, 1.807) is 39.0 Å². The van der Waals surface area contributed by atoms with E-state index >= 15 is 0 Å². The summed E-state index contributed by atoms with van der Waals surface area (Å²) in [5.74, 6) is -0.588. The quantitative estimate of drug-likeness (QED) is 0.857. The summed E-state index contributed by atoms with van der Waals surface area (Å²) < 4.78 is 9.75. The summed E-state index contributed by atoms with van der Waals surface area (Å²) in [7, 11) is 0. The van der Waals surface area contributed by atoms with Crippen molar-refractivity contribution in [3.8, 4) is 6.07 Å². The van der Waals surface area contributed by atoms with Crippen molar-refractivity contribution in [1.29, 1.82) is 5.26 Å². The highest BCUT2D eigenvalue weighted by molar-refractivity contribution is 5.91. The van der Waals surface area contributed by atoms with Crippen LogP contribution >= 0.6 is 0 Å². The fraction of sp³-hybridized carbons (Fsp3) is 0.357. The van der Waals surface area contributed by atoms with Gasteiger partial charge in [0.2, 0.25) is 0 Å². The number of esters is 1. The van der Waals surface area contributed by atoms with E-state index in [9.17, 15) is 9.59 Å². The molecule has 0 bridgehead atoms. The van der Waals surface area contributed by atoms with Crippen LogP contribution in [-0.2, 0) is 9.47 Å². The first-order chi connectivity index (χ1) is 9.31. The highest BCUT2D eigenvalue weighted by Crippen LogP contribution is 2.13. The average molecular weight is 276 g/mol. The molecule has 6 heteroatoms. The maximum atomic E-state index is 11.5. The number of hydrogen-bond donors (Lipinski definition) is 1. The van der Waals surface area contributed by atoms with E-state index in [0.29, 0.717) is 11.3 Å². The van der Waals surface area contributed by atoms with Crippen LogP contribution in [0.5, 0.6) is 0 Å². The minimum Gasteiger partial charge on any atom is -0.447 e. The second-order valence-electron chi connectivity index (χ2n) is 4.94. The summed E-state index contributed by atoms with van der Waals surface area (Å²) in [4.78, 5) is 23.0. The lowest BCUT2D eigenvalue weighted by atomic mass is 10.2. The zero-order chi connectivity index (χ0) is 15.2. The summed E-state index contributed by atoms with van der Waals surface area (Å²) in [6.07, 6.45) is -0.572. The summed E-state index contributed by atoms with van der Waals surface area (Å²) >= 11 is 0. The number of anilines is 1. The van der Waals surface area contributed by atoms with Crippen LogP contribution in [0.25, 0.3) is 0 Å². The second kappa shape index (κ2) is 6.57. The molecule has 0 aliphatic carbocycles. The lowest BCUT2D eigenvalue weighted by molar-refractivity contribution is 0.0554. The number of rotatable bonds is 3. The first-order valence-corrected chi connectivity index (χ1v) is 5.96. The molecule has 0 heterocycles. The van der Waals surface area contributed by atoms with E-state index in [1.807, 2.05) is 0 Å². The zero-order valence-corrected chi connectivity index (χ0v) is 11.6. The Morgan fingerprint density at radius 3 is 2.35 bits per heavy atom. The van der Waals surface area contributed by atoms with Crippen LogP contribution in [0, 0.1) is 11.3 Å². The molecule has 1 aromatic carbocycles. The van der Waals surface area contributed by atoms with Gasteiger partial charge in [0, 0.05) is 5.69 Å². The van der Waals surface area contributed by atoms with Crippen LogP contribution in [0.4, 0.5) is 10.5 Å². The Bertz CT molecular complexity index is 524. The van der Waals surface area contributed by atoms with Crippen LogP contribution in [-0.4, -0.2) is 24.3 Å². The van der Waals surface area contributed by atoms with Gasteiger partial charge in [0.05, 0.1) is 5.56 Å². The van der Waals surface area contributed by atoms with Gasteiger partial charge in [0.25, 0.3) is 0 Å². The van der Waals surface area contributed by atoms with Gasteiger partial charge >= 0.3 is 12.1 Å². The van der Waals surface area contributed by atoms with Gasteiger partial charge < -0.3 is 9.47 Å². The third kappa shape index (κ3) is 5.40. The molecule has 1 aromatic rings. The summed E-state index contributed by atoms with van der Waals surface area (Å²) in [6, 6.07) is 7.79. The lowest BCUT2D eigenvalue weighted by Gasteiger charge is -2.19. The van der Waals surface area contributed by atoms with Crippen LogP contribution in [0.1, 0.15) is 31.1 Å². The molecule has 0 spiro atoms. The van der Waals surface area contributed by atoms with E-state index in [4.69, 9.17) is 10.00 Å². The van der Waals surface area contributed by atoms with Crippen LogP contribution < -0.4 is 5.32 Å². The largest absolute Gasteiger partial charge is 0.447 e. The van der Waals surface area contributed by atoms with Crippen molar-refractivity contribution in [1.82, 2.24) is 0 Å². The van der Waals surface area contributed by atoms with Gasteiger partial charge in [-0.2, -0.15) is 5.26 Å². The van der Waals surface area contributed by atoms with Crippen molar-refractivity contribution in [2.75, 3.05) is 11.9 Å². The molecule has 0 unspecified atom stereocenters. The average Bonchev–Trinajstić information content (AvgIpc) is 2.34. The number of nitrogens with zero attached hydrogens (tertiary/aromatic N) is 1. The van der Waals surface area contributed by atoms with Gasteiger partial charge in [0.1, 0.15) is 11.7 Å². The predicted molar refractivity (Wildman–Crippen MR) is 72.2 cm³/mol. The summed E-state index contributed by atoms with van der Waals surface area (Å²) in [5, 5.41) is 10.9. The van der Waals surface area contributed by atoms with Crippen LogP contribution in [0.2, 0.25) is 0 Å². The maximum absolute atomic E-state index is 11.5. The molecule has 0 radical (unpaired) electrons. The summed E-state index contributed by atoms with van der Waals surface area (Å²) in [5.41, 5.74) is 0.219. The van der Waals surface area contributed by atoms with Gasteiger partial charge in [-0.05, 0) is 45.0 Å². The Balaban J connectivity index is 2.61. The minimum atomic E-state index is -0.588. The molecule has 0 fully saturated rings. The Morgan fingerprint density at radius 2 is 1.85 bits per heavy atom. The molecule has 1 amide bonds. The molecule has 0 atom stereocenters. The second-order valence-corrected chi connectivity index (χ2v) is 4.94. The van der Waals surface area contributed by atoms with Gasteiger partial charge in [-0.1, -0.05) is 0 Å². The molecule has 1 N–H and O–H groups in total. The fourth-order valence-corrected chi connectivity index (χ4v) is 1.29. The molecule has 0 aliphatic rings. The molecule has 0 aromatic heterocycles. The number of benzene rings is 1. The molecule has 0 saturated heterocycles. The van der Waals surface area contributed by atoms with Gasteiger partial charge in [-0.3, -0.25) is 5.32 Å². The number of hydrogen-bond acceptors (Lipinski definition) is 5. The molecule has 6 nitrogen and oxygen atoms in total. The van der Waals surface area contributed by atoms with Crippen LogP contribution in [0.15, 0.2) is 24.3 Å². The molecular weight excluding hydrogens is 260 g/mol. The van der Waals surface area contributed by atoms with E-state index in [-0.39, 0.29) is 6.61 Å². The van der Waals surface area contributed by atoms with Crippen molar-refractivity contribution < 1.29 is 19.1 Å². The SMILES string of the molecule is CC(C)(C)OC(=O)Nc1ccc(C(=O)OCC#N)cc1. The van der Waals surface area contributed by atoms with Crippen LogP contribution in [0.3, 0.4) is 0 Å². The number of nitriles is 1. The number of carbonyl (C=O) groups excluding carboxylic acids is 2. The third-order valence-corrected chi connectivity index (χ3v) is 2.03. The maximum Gasteiger partial charge on any atom is 0.412 e. The number of nitrogens with one attached hydrogen (secondary N) is 1. The van der Waals surface area contributed by atoms with E-state index in [2.05, 4.69) is 10.1 Å². The highest BCUT2D eigenvalue weighted by atomic mass is 16.6. The smallest absolute Gasteiger partial charge is 0.412 e. The molecule has 0 aliphatic heterocycles. The number of amides is 1. The van der Waals surface area contributed by atoms with Crippen molar-refractivity contribution in [3.05, 3.63) is 29.8 Å². The molecule has 20 heavy (non-hydrogen) atoms. The van der Waals surface area contributed by atoms with Gasteiger partial charge in [0.15, 0.2) is 6.61 Å². The molecule has 1 rings (SSSR count). The molecule has 106 valence electrons. The van der Waals surface area contributed by atoms with Crippen molar-refractivity contribution >= 4 is 17.7 Å². The zero-order valence-electron chi connectivity index (χ0n) is 11.6. The number of ether oxygens (including phenoxy) is 2. The predicted octanol–water partition coefficient (Wildman–Crippen LogP) is 2.71. The van der Waals surface area contributed by atoms with Crippen molar-refractivity contribution in [3.63, 3.8) is 0 Å². The van der Waals surface area contributed by atoms with Gasteiger partial charge in [-0.25, -0.2) is 9.59 Å². The lowest BCUT2D eigenvalue weighted by Crippen LogP contribution is -2.27. The first kappa shape index (κ1) is 15.5. The van der Waals surface area contributed by atoms with E-state index < -0.39 is 17.7 Å².